The molecule has 0 amide bonds. The zero-order valence-electron chi connectivity index (χ0n) is 11.0. The molecule has 0 saturated heterocycles. The van der Waals surface area contributed by atoms with Crippen molar-refractivity contribution in [3.63, 3.8) is 0 Å². The molecular weight excluding hydrogens is 268 g/mol. The van der Waals surface area contributed by atoms with Crippen LogP contribution in [-0.2, 0) is 0 Å². The lowest BCUT2D eigenvalue weighted by Crippen LogP contribution is -2.05. The van der Waals surface area contributed by atoms with Gasteiger partial charge in [-0.1, -0.05) is 12.1 Å². The Morgan fingerprint density at radius 3 is 2.90 bits per heavy atom. The van der Waals surface area contributed by atoms with Crippen LogP contribution >= 0.6 is 0 Å². The van der Waals surface area contributed by atoms with E-state index < -0.39 is 5.63 Å². The lowest BCUT2D eigenvalue weighted by atomic mass is 10.2. The van der Waals surface area contributed by atoms with Gasteiger partial charge in [0.15, 0.2) is 5.65 Å². The van der Waals surface area contributed by atoms with E-state index in [-0.39, 0.29) is 0 Å². The predicted molar refractivity (Wildman–Crippen MR) is 76.0 cm³/mol. The average molecular weight is 276 g/mol. The molecule has 21 heavy (non-hydrogen) atoms. The van der Waals surface area contributed by atoms with Gasteiger partial charge in [0, 0.05) is 11.6 Å². The van der Waals surface area contributed by atoms with Crippen LogP contribution in [0.4, 0.5) is 0 Å². The van der Waals surface area contributed by atoms with E-state index in [0.717, 1.165) is 5.39 Å². The molecule has 0 aliphatic carbocycles. The summed E-state index contributed by atoms with van der Waals surface area (Å²) in [6, 6.07) is 9.33. The second kappa shape index (κ2) is 3.90. The molecule has 3 aromatic heterocycles. The van der Waals surface area contributed by atoms with Gasteiger partial charge in [0.05, 0.1) is 11.2 Å². The Morgan fingerprint density at radius 1 is 1.29 bits per heavy atom. The van der Waals surface area contributed by atoms with Crippen molar-refractivity contribution in [2.75, 3.05) is 0 Å². The Kier molecular flexibility index (Phi) is 2.16. The van der Waals surface area contributed by atoms with E-state index >= 15 is 0 Å². The number of para-hydroxylation sites is 1. The van der Waals surface area contributed by atoms with Crippen LogP contribution in [-0.4, -0.2) is 14.6 Å². The van der Waals surface area contributed by atoms with Crippen LogP contribution in [0.5, 0.6) is 0 Å². The Labute approximate surface area is 117 Å². The number of hydrogen-bond acceptors (Lipinski definition) is 5. The van der Waals surface area contributed by atoms with Gasteiger partial charge in [-0.2, -0.15) is 10.4 Å². The van der Waals surface area contributed by atoms with Gasteiger partial charge in [-0.25, -0.2) is 14.3 Å². The van der Waals surface area contributed by atoms with Gasteiger partial charge in [-0.3, -0.25) is 0 Å². The number of aromatic nitrogens is 3. The van der Waals surface area contributed by atoms with Crippen molar-refractivity contribution in [2.24, 2.45) is 0 Å². The third kappa shape index (κ3) is 1.43. The minimum absolute atomic E-state index is 0.341. The number of nitriles is 1. The maximum Gasteiger partial charge on any atom is 0.347 e. The normalized spacial score (nSPS) is 11.2. The number of rotatable bonds is 0. The van der Waals surface area contributed by atoms with Crippen molar-refractivity contribution >= 4 is 27.5 Å². The molecule has 3 heterocycles. The van der Waals surface area contributed by atoms with Gasteiger partial charge in [0.1, 0.15) is 22.6 Å². The Balaban J connectivity index is 2.41. The summed E-state index contributed by atoms with van der Waals surface area (Å²) in [5.41, 5.74) is 2.05. The summed E-state index contributed by atoms with van der Waals surface area (Å²) < 4.78 is 6.83. The third-order valence-corrected chi connectivity index (χ3v) is 3.50. The molecular formula is C15H8N4O2. The van der Waals surface area contributed by atoms with Crippen molar-refractivity contribution in [3.05, 3.63) is 52.1 Å². The lowest BCUT2D eigenvalue weighted by molar-refractivity contribution is 0.569. The molecule has 0 N–H and O–H groups in total. The van der Waals surface area contributed by atoms with E-state index in [1.165, 1.54) is 6.20 Å². The molecule has 4 aromatic rings. The van der Waals surface area contributed by atoms with E-state index in [1.807, 2.05) is 12.1 Å². The summed E-state index contributed by atoms with van der Waals surface area (Å²) in [5.74, 6) is 0. The van der Waals surface area contributed by atoms with Gasteiger partial charge < -0.3 is 4.42 Å². The summed E-state index contributed by atoms with van der Waals surface area (Å²) in [7, 11) is 0. The molecule has 0 spiro atoms. The highest BCUT2D eigenvalue weighted by atomic mass is 16.4. The van der Waals surface area contributed by atoms with Gasteiger partial charge >= 0.3 is 5.63 Å². The fourth-order valence-corrected chi connectivity index (χ4v) is 2.54. The fraction of sp³-hybridized carbons (Fsp3) is 0.0667. The molecule has 0 unspecified atom stereocenters. The SMILES string of the molecule is Cc1nn2c(ncc3c(=O)oc4ccccc4c32)c1C#N. The maximum atomic E-state index is 12.1. The van der Waals surface area contributed by atoms with Crippen LogP contribution in [0.15, 0.2) is 39.7 Å². The standard InChI is InChI=1S/C15H8N4O2/c1-8-10(6-16)14-17-7-11-13(19(14)18-8)9-4-2-3-5-12(9)21-15(11)20/h2-5,7H,1H3. The first-order valence-corrected chi connectivity index (χ1v) is 6.30. The van der Waals surface area contributed by atoms with Crippen molar-refractivity contribution in [3.8, 4) is 6.07 Å². The average Bonchev–Trinajstić information content (AvgIpc) is 2.82. The molecule has 6 nitrogen and oxygen atoms in total. The summed E-state index contributed by atoms with van der Waals surface area (Å²) in [6.45, 7) is 1.74. The zero-order chi connectivity index (χ0) is 14.6. The number of hydrogen-bond donors (Lipinski definition) is 0. The van der Waals surface area contributed by atoms with Crippen LogP contribution < -0.4 is 5.63 Å². The molecule has 0 bridgehead atoms. The first kappa shape index (κ1) is 11.6. The van der Waals surface area contributed by atoms with E-state index in [9.17, 15) is 10.1 Å². The zero-order valence-corrected chi connectivity index (χ0v) is 11.0. The van der Waals surface area contributed by atoms with Crippen LogP contribution in [0.1, 0.15) is 11.3 Å². The van der Waals surface area contributed by atoms with E-state index in [1.54, 1.807) is 23.6 Å². The molecule has 0 saturated carbocycles. The highest BCUT2D eigenvalue weighted by Gasteiger charge is 2.16. The molecule has 0 fully saturated rings. The molecule has 1 aromatic carbocycles. The molecule has 100 valence electrons. The number of fused-ring (bicyclic) bond motifs is 5. The third-order valence-electron chi connectivity index (χ3n) is 3.50. The van der Waals surface area contributed by atoms with Gasteiger partial charge in [-0.05, 0) is 19.1 Å². The summed E-state index contributed by atoms with van der Waals surface area (Å²) in [6.07, 6.45) is 1.44. The molecule has 0 atom stereocenters. The van der Waals surface area contributed by atoms with Crippen LogP contribution in [0, 0.1) is 18.3 Å². The topological polar surface area (TPSA) is 84.2 Å². The lowest BCUT2D eigenvalue weighted by Gasteiger charge is -2.03. The smallest absolute Gasteiger partial charge is 0.347 e. The second-order valence-electron chi connectivity index (χ2n) is 4.71. The Hall–Kier alpha value is -3.20. The number of aryl methyl sites for hydroxylation is 1. The van der Waals surface area contributed by atoms with Crippen molar-refractivity contribution in [1.82, 2.24) is 14.6 Å². The Bertz CT molecular complexity index is 1130. The molecule has 6 heteroatoms. The Morgan fingerprint density at radius 2 is 2.10 bits per heavy atom. The van der Waals surface area contributed by atoms with Gasteiger partial charge in [0.2, 0.25) is 0 Å². The molecule has 0 radical (unpaired) electrons. The number of benzene rings is 1. The minimum Gasteiger partial charge on any atom is -0.422 e. The fourth-order valence-electron chi connectivity index (χ4n) is 2.54. The molecule has 0 aliphatic heterocycles. The first-order valence-electron chi connectivity index (χ1n) is 6.30. The molecule has 0 aliphatic rings. The highest BCUT2D eigenvalue weighted by molar-refractivity contribution is 6.02. The summed E-state index contributed by atoms with van der Waals surface area (Å²) in [4.78, 5) is 16.3. The maximum absolute atomic E-state index is 12.1. The second-order valence-corrected chi connectivity index (χ2v) is 4.71. The van der Waals surface area contributed by atoms with Crippen LogP contribution in [0.25, 0.3) is 27.5 Å². The number of nitrogens with zero attached hydrogens (tertiary/aromatic N) is 4. The largest absolute Gasteiger partial charge is 0.422 e. The van der Waals surface area contributed by atoms with Gasteiger partial charge in [-0.15, -0.1) is 0 Å². The van der Waals surface area contributed by atoms with Crippen LogP contribution in [0.3, 0.4) is 0 Å². The van der Waals surface area contributed by atoms with E-state index in [2.05, 4.69) is 16.2 Å². The van der Waals surface area contributed by atoms with E-state index in [4.69, 9.17) is 4.42 Å². The van der Waals surface area contributed by atoms with Crippen molar-refractivity contribution < 1.29 is 4.42 Å². The van der Waals surface area contributed by atoms with E-state index in [0.29, 0.717) is 33.4 Å². The first-order chi connectivity index (χ1) is 10.2. The van der Waals surface area contributed by atoms with Gasteiger partial charge in [0.25, 0.3) is 0 Å². The quantitative estimate of drug-likeness (QED) is 0.363. The van der Waals surface area contributed by atoms with Crippen LogP contribution in [0.2, 0.25) is 0 Å². The minimum atomic E-state index is -0.468. The molecule has 4 rings (SSSR count). The summed E-state index contributed by atoms with van der Waals surface area (Å²) >= 11 is 0. The monoisotopic (exact) mass is 276 g/mol. The van der Waals surface area contributed by atoms with Crippen molar-refractivity contribution in [2.45, 2.75) is 6.92 Å². The summed E-state index contributed by atoms with van der Waals surface area (Å²) in [5, 5.41) is 14.7. The highest BCUT2D eigenvalue weighted by Crippen LogP contribution is 2.24. The predicted octanol–water partition coefficient (Wildman–Crippen LogP) is 2.17. The van der Waals surface area contributed by atoms with Crippen molar-refractivity contribution in [1.29, 1.82) is 5.26 Å².